The minimum atomic E-state index is -0.974. The van der Waals surface area contributed by atoms with Crippen molar-refractivity contribution in [3.05, 3.63) is 68.5 Å². The van der Waals surface area contributed by atoms with Crippen LogP contribution in [0.2, 0.25) is 0 Å². The van der Waals surface area contributed by atoms with Gasteiger partial charge >= 0.3 is 0 Å². The lowest BCUT2D eigenvalue weighted by Crippen LogP contribution is -2.16. The fourth-order valence-corrected chi connectivity index (χ4v) is 2.05. The number of rotatable bonds is 2. The van der Waals surface area contributed by atoms with E-state index in [0.717, 1.165) is 3.57 Å². The third-order valence-electron chi connectivity index (χ3n) is 2.58. The van der Waals surface area contributed by atoms with Crippen LogP contribution in [0.3, 0.4) is 0 Å². The molecule has 0 spiro atoms. The maximum atomic E-state index is 13.6. The molecule has 0 aliphatic heterocycles. The Morgan fingerprint density at radius 3 is 1.94 bits per heavy atom. The Bertz CT molecular complexity index is 546. The Labute approximate surface area is 116 Å². The molecule has 0 aromatic heterocycles. The molecule has 2 aromatic carbocycles. The Hall–Kier alpha value is -1.08. The van der Waals surface area contributed by atoms with Gasteiger partial charge in [0, 0.05) is 21.3 Å². The second kappa shape index (κ2) is 5.27. The van der Waals surface area contributed by atoms with Crippen molar-refractivity contribution in [2.45, 2.75) is 6.04 Å². The molecule has 0 bridgehead atoms. The van der Waals surface area contributed by atoms with Gasteiger partial charge in [0.1, 0.15) is 17.5 Å². The van der Waals surface area contributed by atoms with Gasteiger partial charge in [0.25, 0.3) is 0 Å². The highest BCUT2D eigenvalue weighted by Crippen LogP contribution is 2.26. The van der Waals surface area contributed by atoms with Gasteiger partial charge in [-0.25, -0.2) is 13.2 Å². The third-order valence-corrected chi connectivity index (χ3v) is 3.30. The zero-order valence-corrected chi connectivity index (χ0v) is 11.3. The molecule has 1 atom stereocenters. The van der Waals surface area contributed by atoms with E-state index in [1.165, 1.54) is 0 Å². The molecule has 0 saturated heterocycles. The van der Waals surface area contributed by atoms with Crippen molar-refractivity contribution in [2.24, 2.45) is 5.73 Å². The summed E-state index contributed by atoms with van der Waals surface area (Å²) < 4.78 is 40.9. The smallest absolute Gasteiger partial charge is 0.134 e. The van der Waals surface area contributed by atoms with E-state index >= 15 is 0 Å². The van der Waals surface area contributed by atoms with E-state index in [1.54, 1.807) is 24.3 Å². The molecule has 1 unspecified atom stereocenters. The molecular formula is C13H9F3IN. The monoisotopic (exact) mass is 363 g/mol. The molecule has 2 N–H and O–H groups in total. The van der Waals surface area contributed by atoms with E-state index in [0.29, 0.717) is 17.7 Å². The summed E-state index contributed by atoms with van der Waals surface area (Å²) >= 11 is 2.11. The van der Waals surface area contributed by atoms with E-state index in [1.807, 2.05) is 0 Å². The van der Waals surface area contributed by atoms with Gasteiger partial charge in [-0.2, -0.15) is 0 Å². The van der Waals surface area contributed by atoms with Crippen LogP contribution in [-0.4, -0.2) is 0 Å². The van der Waals surface area contributed by atoms with Crippen molar-refractivity contribution in [1.82, 2.24) is 0 Å². The fourth-order valence-electron chi connectivity index (χ4n) is 1.69. The summed E-state index contributed by atoms with van der Waals surface area (Å²) in [5.74, 6) is -2.90. The molecule has 0 saturated carbocycles. The van der Waals surface area contributed by atoms with E-state index in [-0.39, 0.29) is 5.56 Å². The summed E-state index contributed by atoms with van der Waals surface area (Å²) in [5, 5.41) is 0. The number of benzene rings is 2. The SMILES string of the molecule is NC(c1ccc(I)cc1)c1c(F)cc(F)cc1F. The standard InChI is InChI=1S/C13H9F3IN/c14-8-5-10(15)12(11(16)6-8)13(18)7-1-3-9(17)4-2-7/h1-6,13H,18H2. The zero-order valence-electron chi connectivity index (χ0n) is 9.13. The van der Waals surface area contributed by atoms with Crippen LogP contribution >= 0.6 is 22.6 Å². The third kappa shape index (κ3) is 2.67. The maximum Gasteiger partial charge on any atom is 0.134 e. The van der Waals surface area contributed by atoms with Crippen molar-refractivity contribution >= 4 is 22.6 Å². The quantitative estimate of drug-likeness (QED) is 0.809. The van der Waals surface area contributed by atoms with Crippen molar-refractivity contribution in [2.75, 3.05) is 0 Å². The lowest BCUT2D eigenvalue weighted by molar-refractivity contribution is 0.515. The zero-order chi connectivity index (χ0) is 13.3. The van der Waals surface area contributed by atoms with Gasteiger partial charge in [-0.05, 0) is 40.3 Å². The van der Waals surface area contributed by atoms with Crippen LogP contribution in [0.4, 0.5) is 13.2 Å². The molecule has 2 aromatic rings. The van der Waals surface area contributed by atoms with Crippen LogP contribution in [0.15, 0.2) is 36.4 Å². The van der Waals surface area contributed by atoms with Gasteiger partial charge in [-0.3, -0.25) is 0 Å². The molecule has 1 nitrogen and oxygen atoms in total. The molecular weight excluding hydrogens is 354 g/mol. The second-order valence-electron chi connectivity index (χ2n) is 3.81. The largest absolute Gasteiger partial charge is 0.320 e. The predicted molar refractivity (Wildman–Crippen MR) is 71.5 cm³/mol. The minimum Gasteiger partial charge on any atom is -0.320 e. The molecule has 0 fully saturated rings. The summed E-state index contributed by atoms with van der Waals surface area (Å²) in [6.45, 7) is 0. The molecule has 0 aliphatic rings. The molecule has 0 radical (unpaired) electrons. The average Bonchev–Trinajstić information content (AvgIpc) is 2.28. The number of halogens is 4. The first-order valence-corrected chi connectivity index (χ1v) is 6.22. The summed E-state index contributed by atoms with van der Waals surface area (Å²) in [7, 11) is 0. The Morgan fingerprint density at radius 2 is 1.44 bits per heavy atom. The Balaban J connectivity index is 2.46. The molecule has 94 valence electrons. The molecule has 0 aliphatic carbocycles. The first-order valence-electron chi connectivity index (χ1n) is 5.14. The molecule has 18 heavy (non-hydrogen) atoms. The molecule has 0 heterocycles. The number of hydrogen-bond acceptors (Lipinski definition) is 1. The van der Waals surface area contributed by atoms with Gasteiger partial charge in [0.05, 0.1) is 6.04 Å². The second-order valence-corrected chi connectivity index (χ2v) is 5.06. The lowest BCUT2D eigenvalue weighted by Gasteiger charge is -2.14. The van der Waals surface area contributed by atoms with Crippen LogP contribution in [0, 0.1) is 21.0 Å². The summed E-state index contributed by atoms with van der Waals surface area (Å²) in [4.78, 5) is 0. The summed E-state index contributed by atoms with van der Waals surface area (Å²) in [6, 6.07) is 7.26. The average molecular weight is 363 g/mol. The van der Waals surface area contributed by atoms with Crippen molar-refractivity contribution in [3.8, 4) is 0 Å². The summed E-state index contributed by atoms with van der Waals surface area (Å²) in [6.07, 6.45) is 0. The van der Waals surface area contributed by atoms with Gasteiger partial charge in [0.2, 0.25) is 0 Å². The Morgan fingerprint density at radius 1 is 0.944 bits per heavy atom. The molecule has 2 rings (SSSR count). The van der Waals surface area contributed by atoms with Crippen LogP contribution in [0.25, 0.3) is 0 Å². The van der Waals surface area contributed by atoms with E-state index in [9.17, 15) is 13.2 Å². The minimum absolute atomic E-state index is 0.322. The van der Waals surface area contributed by atoms with E-state index < -0.39 is 23.5 Å². The van der Waals surface area contributed by atoms with E-state index in [4.69, 9.17) is 5.73 Å². The van der Waals surface area contributed by atoms with E-state index in [2.05, 4.69) is 22.6 Å². The summed E-state index contributed by atoms with van der Waals surface area (Å²) in [5.41, 5.74) is 6.06. The first kappa shape index (κ1) is 13.4. The topological polar surface area (TPSA) is 26.0 Å². The van der Waals surface area contributed by atoms with Crippen LogP contribution in [0.1, 0.15) is 17.2 Å². The normalized spacial score (nSPS) is 12.5. The van der Waals surface area contributed by atoms with Gasteiger partial charge < -0.3 is 5.73 Å². The van der Waals surface area contributed by atoms with Crippen molar-refractivity contribution in [3.63, 3.8) is 0 Å². The van der Waals surface area contributed by atoms with Gasteiger partial charge in [0.15, 0.2) is 0 Å². The highest BCUT2D eigenvalue weighted by molar-refractivity contribution is 14.1. The highest BCUT2D eigenvalue weighted by atomic mass is 127. The maximum absolute atomic E-state index is 13.6. The Kier molecular flexibility index (Phi) is 3.91. The highest BCUT2D eigenvalue weighted by Gasteiger charge is 2.19. The first-order chi connectivity index (χ1) is 8.49. The van der Waals surface area contributed by atoms with Crippen molar-refractivity contribution < 1.29 is 13.2 Å². The number of hydrogen-bond donors (Lipinski definition) is 1. The lowest BCUT2D eigenvalue weighted by atomic mass is 9.98. The van der Waals surface area contributed by atoms with Crippen LogP contribution in [0.5, 0.6) is 0 Å². The van der Waals surface area contributed by atoms with Crippen LogP contribution < -0.4 is 5.73 Å². The van der Waals surface area contributed by atoms with Crippen molar-refractivity contribution in [1.29, 1.82) is 0 Å². The fraction of sp³-hybridized carbons (Fsp3) is 0.0769. The van der Waals surface area contributed by atoms with Crippen LogP contribution in [-0.2, 0) is 0 Å². The molecule has 0 amide bonds. The number of nitrogens with two attached hydrogens (primary N) is 1. The predicted octanol–water partition coefficient (Wildman–Crippen LogP) is 3.76. The molecule has 5 heteroatoms. The van der Waals surface area contributed by atoms with Gasteiger partial charge in [-0.15, -0.1) is 0 Å². The van der Waals surface area contributed by atoms with Gasteiger partial charge in [-0.1, -0.05) is 12.1 Å².